The van der Waals surface area contributed by atoms with E-state index < -0.39 is 6.10 Å². The fourth-order valence-electron chi connectivity index (χ4n) is 2.85. The Bertz CT molecular complexity index is 702. The molecule has 5 heteroatoms. The first kappa shape index (κ1) is 18.3. The minimum Gasteiger partial charge on any atom is -0.491 e. The lowest BCUT2D eigenvalue weighted by molar-refractivity contribution is -0.146. The van der Waals surface area contributed by atoms with Crippen LogP contribution in [0.4, 0.5) is 0 Å². The molecule has 0 spiro atoms. The molecule has 1 saturated heterocycles. The zero-order chi connectivity index (χ0) is 18.4. The predicted molar refractivity (Wildman–Crippen MR) is 99.5 cm³/mol. The minimum atomic E-state index is -0.533. The van der Waals surface area contributed by atoms with Crippen LogP contribution < -0.4 is 9.47 Å². The molecule has 0 radical (unpaired) electrons. The maximum Gasteiger partial charge on any atom is 0.263 e. The van der Waals surface area contributed by atoms with Crippen molar-refractivity contribution < 1.29 is 19.0 Å². The van der Waals surface area contributed by atoms with Crippen LogP contribution in [0.2, 0.25) is 0 Å². The monoisotopic (exact) mass is 355 g/mol. The van der Waals surface area contributed by atoms with E-state index in [-0.39, 0.29) is 12.0 Å². The van der Waals surface area contributed by atoms with Crippen LogP contribution in [0.3, 0.4) is 0 Å². The maximum atomic E-state index is 12.7. The third-order valence-electron chi connectivity index (χ3n) is 4.31. The van der Waals surface area contributed by atoms with Crippen molar-refractivity contribution in [3.05, 3.63) is 60.2 Å². The second-order valence-electron chi connectivity index (χ2n) is 6.47. The molecule has 138 valence electrons. The summed E-state index contributed by atoms with van der Waals surface area (Å²) in [6, 6.07) is 17.3. The van der Waals surface area contributed by atoms with Crippen molar-refractivity contribution in [3.63, 3.8) is 0 Å². The number of ether oxygens (including phenoxy) is 3. The molecule has 0 N–H and O–H groups in total. The van der Waals surface area contributed by atoms with Gasteiger partial charge in [0.2, 0.25) is 0 Å². The molecule has 0 bridgehead atoms. The number of amides is 1. The number of para-hydroxylation sites is 1. The molecule has 1 amide bonds. The van der Waals surface area contributed by atoms with Crippen LogP contribution in [-0.2, 0) is 9.53 Å². The Morgan fingerprint density at radius 2 is 1.88 bits per heavy atom. The van der Waals surface area contributed by atoms with Gasteiger partial charge in [-0.2, -0.15) is 0 Å². The van der Waals surface area contributed by atoms with E-state index in [0.717, 1.165) is 5.75 Å². The lowest BCUT2D eigenvalue weighted by Gasteiger charge is -2.34. The van der Waals surface area contributed by atoms with Crippen molar-refractivity contribution in [2.24, 2.45) is 0 Å². The Morgan fingerprint density at radius 1 is 1.15 bits per heavy atom. The fraction of sp³-hybridized carbons (Fsp3) is 0.381. The Hall–Kier alpha value is -2.53. The van der Waals surface area contributed by atoms with Crippen LogP contribution >= 0.6 is 0 Å². The largest absolute Gasteiger partial charge is 0.491 e. The fourth-order valence-corrected chi connectivity index (χ4v) is 2.85. The van der Waals surface area contributed by atoms with Crippen molar-refractivity contribution in [2.45, 2.75) is 26.1 Å². The molecule has 0 aromatic heterocycles. The molecule has 2 aromatic carbocycles. The van der Waals surface area contributed by atoms with E-state index in [9.17, 15) is 4.79 Å². The standard InChI is InChI=1S/C21H25NO4/c1-16-8-10-18(11-9-16)25-15-20-14-22(12-13-24-20)21(23)17(2)26-19-6-4-3-5-7-19/h3-11,17,20H,12-15H2,1-2H3. The molecule has 26 heavy (non-hydrogen) atoms. The Balaban J connectivity index is 1.50. The number of carbonyl (C=O) groups is 1. The van der Waals surface area contributed by atoms with Gasteiger partial charge in [0.25, 0.3) is 5.91 Å². The van der Waals surface area contributed by atoms with Gasteiger partial charge in [0.05, 0.1) is 13.2 Å². The summed E-state index contributed by atoms with van der Waals surface area (Å²) in [6.07, 6.45) is -0.674. The normalized spacial score (nSPS) is 18.2. The van der Waals surface area contributed by atoms with Crippen LogP contribution in [0.1, 0.15) is 12.5 Å². The number of hydrogen-bond donors (Lipinski definition) is 0. The van der Waals surface area contributed by atoms with Crippen LogP contribution in [0.15, 0.2) is 54.6 Å². The molecule has 5 nitrogen and oxygen atoms in total. The second-order valence-corrected chi connectivity index (χ2v) is 6.47. The number of benzene rings is 2. The zero-order valence-electron chi connectivity index (χ0n) is 15.3. The molecule has 1 fully saturated rings. The third kappa shape index (κ3) is 4.99. The molecular weight excluding hydrogens is 330 g/mol. The average Bonchev–Trinajstić information content (AvgIpc) is 2.68. The van der Waals surface area contributed by atoms with Crippen molar-refractivity contribution in [1.82, 2.24) is 4.90 Å². The van der Waals surface area contributed by atoms with Gasteiger partial charge >= 0.3 is 0 Å². The van der Waals surface area contributed by atoms with Gasteiger partial charge in [-0.3, -0.25) is 4.79 Å². The van der Waals surface area contributed by atoms with Gasteiger partial charge in [0.1, 0.15) is 24.2 Å². The summed E-state index contributed by atoms with van der Waals surface area (Å²) in [5.74, 6) is 1.47. The van der Waals surface area contributed by atoms with Gasteiger partial charge in [0, 0.05) is 6.54 Å². The van der Waals surface area contributed by atoms with Gasteiger partial charge in [-0.15, -0.1) is 0 Å². The van der Waals surface area contributed by atoms with Gasteiger partial charge in [-0.05, 0) is 38.1 Å². The average molecular weight is 355 g/mol. The Kier molecular flexibility index (Phi) is 6.12. The molecule has 2 aromatic rings. The Morgan fingerprint density at radius 3 is 2.62 bits per heavy atom. The summed E-state index contributed by atoms with van der Waals surface area (Å²) in [7, 11) is 0. The summed E-state index contributed by atoms with van der Waals surface area (Å²) >= 11 is 0. The minimum absolute atomic E-state index is 0.0301. The van der Waals surface area contributed by atoms with E-state index in [1.807, 2.05) is 61.5 Å². The highest BCUT2D eigenvalue weighted by Gasteiger charge is 2.28. The highest BCUT2D eigenvalue weighted by molar-refractivity contribution is 5.81. The van der Waals surface area contributed by atoms with Crippen LogP contribution in [0.5, 0.6) is 11.5 Å². The van der Waals surface area contributed by atoms with E-state index in [4.69, 9.17) is 14.2 Å². The highest BCUT2D eigenvalue weighted by Crippen LogP contribution is 2.16. The van der Waals surface area contributed by atoms with E-state index >= 15 is 0 Å². The predicted octanol–water partition coefficient (Wildman–Crippen LogP) is 3.07. The van der Waals surface area contributed by atoms with Crippen molar-refractivity contribution in [1.29, 1.82) is 0 Å². The molecule has 2 atom stereocenters. The summed E-state index contributed by atoms with van der Waals surface area (Å²) in [4.78, 5) is 14.5. The number of morpholine rings is 1. The summed E-state index contributed by atoms with van der Waals surface area (Å²) in [5, 5.41) is 0. The molecule has 1 heterocycles. The summed E-state index contributed by atoms with van der Waals surface area (Å²) in [6.45, 7) is 5.82. The molecule has 2 unspecified atom stereocenters. The van der Waals surface area contributed by atoms with Gasteiger partial charge in [-0.25, -0.2) is 0 Å². The van der Waals surface area contributed by atoms with Gasteiger partial charge in [0.15, 0.2) is 6.10 Å². The number of aryl methyl sites for hydroxylation is 1. The van der Waals surface area contributed by atoms with Crippen LogP contribution in [0, 0.1) is 6.92 Å². The van der Waals surface area contributed by atoms with E-state index in [2.05, 4.69) is 0 Å². The zero-order valence-corrected chi connectivity index (χ0v) is 15.3. The topological polar surface area (TPSA) is 48.0 Å². The first-order chi connectivity index (χ1) is 12.6. The highest BCUT2D eigenvalue weighted by atomic mass is 16.5. The quantitative estimate of drug-likeness (QED) is 0.799. The molecule has 3 rings (SSSR count). The molecule has 0 aliphatic carbocycles. The van der Waals surface area contributed by atoms with E-state index in [0.29, 0.717) is 32.1 Å². The van der Waals surface area contributed by atoms with E-state index in [1.165, 1.54) is 5.56 Å². The second kappa shape index (κ2) is 8.72. The first-order valence-electron chi connectivity index (χ1n) is 8.93. The van der Waals surface area contributed by atoms with E-state index in [1.54, 1.807) is 11.8 Å². The van der Waals surface area contributed by atoms with Crippen molar-refractivity contribution in [2.75, 3.05) is 26.3 Å². The number of rotatable bonds is 6. The molecular formula is C21H25NO4. The maximum absolute atomic E-state index is 12.7. The SMILES string of the molecule is Cc1ccc(OCC2CN(C(=O)C(C)Oc3ccccc3)CCO2)cc1. The number of carbonyl (C=O) groups excluding carboxylic acids is 1. The molecule has 1 aliphatic rings. The van der Waals surface area contributed by atoms with Crippen molar-refractivity contribution >= 4 is 5.91 Å². The van der Waals surface area contributed by atoms with Crippen LogP contribution in [0.25, 0.3) is 0 Å². The third-order valence-corrected chi connectivity index (χ3v) is 4.31. The van der Waals surface area contributed by atoms with Crippen molar-refractivity contribution in [3.8, 4) is 11.5 Å². The Labute approximate surface area is 154 Å². The lowest BCUT2D eigenvalue weighted by Crippen LogP contribution is -2.51. The summed E-state index contributed by atoms with van der Waals surface area (Å²) < 4.78 is 17.3. The molecule has 1 aliphatic heterocycles. The number of nitrogens with zero attached hydrogens (tertiary/aromatic N) is 1. The first-order valence-corrected chi connectivity index (χ1v) is 8.93. The number of hydrogen-bond acceptors (Lipinski definition) is 4. The van der Waals surface area contributed by atoms with Gasteiger partial charge in [-0.1, -0.05) is 35.9 Å². The summed E-state index contributed by atoms with van der Waals surface area (Å²) in [5.41, 5.74) is 1.19. The van der Waals surface area contributed by atoms with Gasteiger partial charge < -0.3 is 19.1 Å². The van der Waals surface area contributed by atoms with Crippen LogP contribution in [-0.4, -0.2) is 49.3 Å². The molecule has 0 saturated carbocycles. The smallest absolute Gasteiger partial charge is 0.263 e. The lowest BCUT2D eigenvalue weighted by atomic mass is 10.2.